The standard InChI is InChI=1S/C22H24N4O2S/c1-16(18-10-6-3-7-11-18)24-21(28)15-29-22-25-20(27)14-19(23)26(22)13-12-17-8-4-2-5-9-17/h2-11,14,16H,12-13,15,23H2,1H3,(H,24,28)/t16-/m0/s1. The molecule has 1 amide bonds. The first-order valence-electron chi connectivity index (χ1n) is 9.41. The molecule has 0 fully saturated rings. The van der Waals surface area contributed by atoms with Gasteiger partial charge in [0.15, 0.2) is 5.16 Å². The fraction of sp³-hybridized carbons (Fsp3) is 0.227. The number of hydrogen-bond acceptors (Lipinski definition) is 5. The van der Waals surface area contributed by atoms with E-state index in [1.54, 1.807) is 4.57 Å². The molecule has 6 nitrogen and oxygen atoms in total. The molecule has 2 aromatic carbocycles. The Labute approximate surface area is 174 Å². The molecule has 3 rings (SSSR count). The summed E-state index contributed by atoms with van der Waals surface area (Å²) >= 11 is 1.22. The number of aromatic nitrogens is 2. The van der Waals surface area contributed by atoms with Gasteiger partial charge in [-0.3, -0.25) is 9.59 Å². The van der Waals surface area contributed by atoms with Crippen molar-refractivity contribution in [2.24, 2.45) is 0 Å². The monoisotopic (exact) mass is 408 g/mol. The van der Waals surface area contributed by atoms with Gasteiger partial charge in [0.25, 0.3) is 5.56 Å². The van der Waals surface area contributed by atoms with Crippen LogP contribution in [0.15, 0.2) is 76.7 Å². The molecule has 0 aliphatic carbocycles. The van der Waals surface area contributed by atoms with Gasteiger partial charge in [0, 0.05) is 12.6 Å². The quantitative estimate of drug-likeness (QED) is 0.442. The van der Waals surface area contributed by atoms with Crippen molar-refractivity contribution in [1.82, 2.24) is 14.9 Å². The van der Waals surface area contributed by atoms with Gasteiger partial charge in [0.2, 0.25) is 5.91 Å². The zero-order valence-corrected chi connectivity index (χ0v) is 17.1. The lowest BCUT2D eigenvalue weighted by atomic mass is 10.1. The Morgan fingerprint density at radius 1 is 1.14 bits per heavy atom. The van der Waals surface area contributed by atoms with Crippen molar-refractivity contribution in [2.45, 2.75) is 31.1 Å². The van der Waals surface area contributed by atoms with E-state index in [-0.39, 0.29) is 17.7 Å². The molecular weight excluding hydrogens is 384 g/mol. The first-order valence-corrected chi connectivity index (χ1v) is 10.4. The number of amides is 1. The van der Waals surface area contributed by atoms with Gasteiger partial charge < -0.3 is 15.6 Å². The van der Waals surface area contributed by atoms with Gasteiger partial charge in [-0.15, -0.1) is 0 Å². The van der Waals surface area contributed by atoms with Crippen LogP contribution in [-0.2, 0) is 17.8 Å². The van der Waals surface area contributed by atoms with Crippen LogP contribution in [0.25, 0.3) is 0 Å². The van der Waals surface area contributed by atoms with E-state index in [1.807, 2.05) is 67.6 Å². The minimum absolute atomic E-state index is 0.0987. The maximum absolute atomic E-state index is 12.4. The number of nitrogens with one attached hydrogen (secondary N) is 1. The molecule has 3 aromatic rings. The highest BCUT2D eigenvalue weighted by Crippen LogP contribution is 2.19. The molecule has 0 aliphatic rings. The Kier molecular flexibility index (Phi) is 7.08. The summed E-state index contributed by atoms with van der Waals surface area (Å²) in [5, 5.41) is 3.42. The van der Waals surface area contributed by atoms with Crippen LogP contribution in [-0.4, -0.2) is 21.2 Å². The number of carbonyl (C=O) groups excluding carboxylic acids is 1. The van der Waals surface area contributed by atoms with Gasteiger partial charge in [-0.1, -0.05) is 72.4 Å². The number of nitrogens with zero attached hydrogens (tertiary/aromatic N) is 2. The first-order chi connectivity index (χ1) is 14.0. The topological polar surface area (TPSA) is 90.0 Å². The maximum Gasteiger partial charge on any atom is 0.275 e. The predicted molar refractivity (Wildman–Crippen MR) is 117 cm³/mol. The van der Waals surface area contributed by atoms with Crippen molar-refractivity contribution in [1.29, 1.82) is 0 Å². The lowest BCUT2D eigenvalue weighted by Gasteiger charge is -2.16. The second-order valence-electron chi connectivity index (χ2n) is 6.68. The number of hydrogen-bond donors (Lipinski definition) is 2. The Bertz CT molecular complexity index is 1010. The van der Waals surface area contributed by atoms with E-state index in [2.05, 4.69) is 10.3 Å². The summed E-state index contributed by atoms with van der Waals surface area (Å²) in [6.45, 7) is 2.51. The highest BCUT2D eigenvalue weighted by molar-refractivity contribution is 7.99. The van der Waals surface area contributed by atoms with E-state index < -0.39 is 5.56 Å². The van der Waals surface area contributed by atoms with Crippen LogP contribution in [0.1, 0.15) is 24.1 Å². The number of thioether (sulfide) groups is 1. The van der Waals surface area contributed by atoms with Crippen LogP contribution in [0, 0.1) is 0 Å². The van der Waals surface area contributed by atoms with Crippen molar-refractivity contribution in [3.8, 4) is 0 Å². The fourth-order valence-electron chi connectivity index (χ4n) is 2.96. The summed E-state index contributed by atoms with van der Waals surface area (Å²) in [7, 11) is 0. The van der Waals surface area contributed by atoms with Gasteiger partial charge >= 0.3 is 0 Å². The highest BCUT2D eigenvalue weighted by atomic mass is 32.2. The number of aryl methyl sites for hydroxylation is 1. The largest absolute Gasteiger partial charge is 0.385 e. The molecule has 1 atom stereocenters. The number of carbonyl (C=O) groups is 1. The molecule has 0 aliphatic heterocycles. The molecule has 0 unspecified atom stereocenters. The van der Waals surface area contributed by atoms with Crippen LogP contribution < -0.4 is 16.6 Å². The average molecular weight is 409 g/mol. The molecule has 7 heteroatoms. The molecule has 0 bridgehead atoms. The van der Waals surface area contributed by atoms with Crippen LogP contribution >= 0.6 is 11.8 Å². The minimum atomic E-state index is -0.404. The molecular formula is C22H24N4O2S. The molecule has 0 radical (unpaired) electrons. The summed E-state index contributed by atoms with van der Waals surface area (Å²) in [4.78, 5) is 28.3. The zero-order chi connectivity index (χ0) is 20.6. The number of anilines is 1. The van der Waals surface area contributed by atoms with Crippen LogP contribution in [0.5, 0.6) is 0 Å². The molecule has 1 aromatic heterocycles. The van der Waals surface area contributed by atoms with Gasteiger partial charge in [-0.2, -0.15) is 4.98 Å². The van der Waals surface area contributed by atoms with E-state index >= 15 is 0 Å². The van der Waals surface area contributed by atoms with Crippen molar-refractivity contribution in [2.75, 3.05) is 11.5 Å². The van der Waals surface area contributed by atoms with E-state index in [0.29, 0.717) is 17.5 Å². The molecule has 0 saturated heterocycles. The first kappa shape index (κ1) is 20.7. The lowest BCUT2D eigenvalue weighted by molar-refractivity contribution is -0.119. The lowest BCUT2D eigenvalue weighted by Crippen LogP contribution is -2.28. The van der Waals surface area contributed by atoms with E-state index in [1.165, 1.54) is 17.8 Å². The SMILES string of the molecule is C[C@H](NC(=O)CSc1nc(=O)cc(N)n1CCc1ccccc1)c1ccccc1. The second-order valence-corrected chi connectivity index (χ2v) is 7.62. The van der Waals surface area contributed by atoms with Crippen molar-refractivity contribution in [3.05, 3.63) is 88.2 Å². The molecule has 0 spiro atoms. The Morgan fingerprint density at radius 2 is 1.79 bits per heavy atom. The van der Waals surface area contributed by atoms with Gasteiger partial charge in [-0.25, -0.2) is 0 Å². The predicted octanol–water partition coefficient (Wildman–Crippen LogP) is 3.04. The van der Waals surface area contributed by atoms with Crippen LogP contribution in [0.2, 0.25) is 0 Å². The molecule has 1 heterocycles. The number of nitrogens with two attached hydrogens (primary N) is 1. The van der Waals surface area contributed by atoms with Crippen molar-refractivity contribution in [3.63, 3.8) is 0 Å². The second kappa shape index (κ2) is 9.93. The van der Waals surface area contributed by atoms with Gasteiger partial charge in [-0.05, 0) is 24.5 Å². The maximum atomic E-state index is 12.4. The summed E-state index contributed by atoms with van der Waals surface area (Å²) in [6.07, 6.45) is 0.750. The molecule has 150 valence electrons. The summed E-state index contributed by atoms with van der Waals surface area (Å²) in [6, 6.07) is 21.0. The highest BCUT2D eigenvalue weighted by Gasteiger charge is 2.13. The third-order valence-electron chi connectivity index (χ3n) is 4.50. The van der Waals surface area contributed by atoms with Crippen LogP contribution in [0.4, 0.5) is 5.82 Å². The van der Waals surface area contributed by atoms with Crippen molar-refractivity contribution >= 4 is 23.5 Å². The third kappa shape index (κ3) is 5.96. The molecule has 29 heavy (non-hydrogen) atoms. The Hall–Kier alpha value is -3.06. The summed E-state index contributed by atoms with van der Waals surface area (Å²) < 4.78 is 1.78. The van der Waals surface area contributed by atoms with Gasteiger partial charge in [0.1, 0.15) is 5.82 Å². The third-order valence-corrected chi connectivity index (χ3v) is 5.47. The van der Waals surface area contributed by atoms with E-state index in [9.17, 15) is 9.59 Å². The zero-order valence-electron chi connectivity index (χ0n) is 16.2. The molecule has 3 N–H and O–H groups in total. The van der Waals surface area contributed by atoms with Gasteiger partial charge in [0.05, 0.1) is 11.8 Å². The number of benzene rings is 2. The van der Waals surface area contributed by atoms with Crippen LogP contribution in [0.3, 0.4) is 0 Å². The van der Waals surface area contributed by atoms with E-state index in [0.717, 1.165) is 17.5 Å². The average Bonchev–Trinajstić information content (AvgIpc) is 2.72. The Balaban J connectivity index is 1.65. The summed E-state index contributed by atoms with van der Waals surface area (Å²) in [5.74, 6) is 0.373. The van der Waals surface area contributed by atoms with E-state index in [4.69, 9.17) is 5.73 Å². The number of rotatable bonds is 8. The van der Waals surface area contributed by atoms with Crippen molar-refractivity contribution < 1.29 is 4.79 Å². The normalized spacial score (nSPS) is 11.8. The molecule has 0 saturated carbocycles. The number of nitrogen functional groups attached to an aromatic ring is 1. The smallest absolute Gasteiger partial charge is 0.275 e. The Morgan fingerprint density at radius 3 is 2.48 bits per heavy atom. The minimum Gasteiger partial charge on any atom is -0.385 e. The summed E-state index contributed by atoms with van der Waals surface area (Å²) in [5.41, 5.74) is 7.85. The fourth-order valence-corrected chi connectivity index (χ4v) is 3.81.